The minimum absolute atomic E-state index is 0.0612. The largest absolute Gasteiger partial charge is 0.508 e. The molecule has 1 aromatic heterocycles. The van der Waals surface area contributed by atoms with Crippen molar-refractivity contribution in [1.82, 2.24) is 0 Å². The average Bonchev–Trinajstić information content (AvgIpc) is 2.15. The summed E-state index contributed by atoms with van der Waals surface area (Å²) in [6, 6.07) is 5.20. The number of hydrogen-bond acceptors (Lipinski definition) is 5. The molecule has 0 aliphatic rings. The number of nitrogens with zero attached hydrogens (tertiary/aromatic N) is 1. The molecule has 2 aromatic rings. The van der Waals surface area contributed by atoms with Crippen LogP contribution in [0.25, 0.3) is 11.0 Å². The number of phenolic OH excluding ortho intramolecular Hbond substituents is 1. The lowest BCUT2D eigenvalue weighted by atomic mass is 10.1. The van der Waals surface area contributed by atoms with Gasteiger partial charge in [0.05, 0.1) is 0 Å². The van der Waals surface area contributed by atoms with Crippen molar-refractivity contribution in [2.75, 3.05) is 0 Å². The highest BCUT2D eigenvalue weighted by Gasteiger charge is 2.10. The van der Waals surface area contributed by atoms with Crippen molar-refractivity contribution in [2.45, 2.75) is 6.54 Å². The molecule has 1 N–H and O–H groups in total. The molecular weight excluding hydrogens is 214 g/mol. The van der Waals surface area contributed by atoms with Crippen molar-refractivity contribution >= 4 is 11.0 Å². The van der Waals surface area contributed by atoms with Crippen molar-refractivity contribution in [2.24, 2.45) is 0 Å². The standard InChI is InChI=1S/C10H7NO5/c12-7-1-2-8-6(5-11(14)15)3-10(13)16-9(8)4-7/h1-4,12H,5H2. The van der Waals surface area contributed by atoms with Crippen molar-refractivity contribution in [1.29, 1.82) is 0 Å². The van der Waals surface area contributed by atoms with Gasteiger partial charge in [-0.15, -0.1) is 0 Å². The molecule has 0 aliphatic heterocycles. The van der Waals surface area contributed by atoms with E-state index in [1.807, 2.05) is 0 Å². The molecular formula is C10H7NO5. The van der Waals surface area contributed by atoms with Gasteiger partial charge in [-0.25, -0.2) is 4.79 Å². The summed E-state index contributed by atoms with van der Waals surface area (Å²) in [6.45, 7) is -0.452. The van der Waals surface area contributed by atoms with Gasteiger partial charge < -0.3 is 9.52 Å². The summed E-state index contributed by atoms with van der Waals surface area (Å²) in [6.07, 6.45) is 0. The van der Waals surface area contributed by atoms with Crippen LogP contribution in [0.4, 0.5) is 0 Å². The topological polar surface area (TPSA) is 93.6 Å². The fraction of sp³-hybridized carbons (Fsp3) is 0.100. The van der Waals surface area contributed by atoms with Crippen LogP contribution in [0, 0.1) is 10.1 Å². The Morgan fingerprint density at radius 3 is 2.81 bits per heavy atom. The Kier molecular flexibility index (Phi) is 2.32. The quantitative estimate of drug-likeness (QED) is 0.468. The van der Waals surface area contributed by atoms with E-state index in [0.29, 0.717) is 5.39 Å². The molecule has 0 atom stereocenters. The Hall–Kier alpha value is -2.37. The number of nitro groups is 1. The highest BCUT2D eigenvalue weighted by molar-refractivity contribution is 5.81. The third kappa shape index (κ3) is 1.85. The van der Waals surface area contributed by atoms with Crippen molar-refractivity contribution in [3.63, 3.8) is 0 Å². The van der Waals surface area contributed by atoms with Crippen LogP contribution in [-0.2, 0) is 6.54 Å². The van der Waals surface area contributed by atoms with Gasteiger partial charge in [-0.2, -0.15) is 0 Å². The molecule has 2 rings (SSSR count). The first-order valence-corrected chi connectivity index (χ1v) is 4.44. The highest BCUT2D eigenvalue weighted by Crippen LogP contribution is 2.21. The Labute approximate surface area is 88.9 Å². The predicted molar refractivity (Wildman–Crippen MR) is 54.8 cm³/mol. The molecule has 0 aliphatic carbocycles. The summed E-state index contributed by atoms with van der Waals surface area (Å²) >= 11 is 0. The molecule has 0 spiro atoms. The number of rotatable bonds is 2. The molecule has 0 fully saturated rings. The Morgan fingerprint density at radius 1 is 1.38 bits per heavy atom. The third-order valence-corrected chi connectivity index (χ3v) is 2.11. The molecule has 16 heavy (non-hydrogen) atoms. The van der Waals surface area contributed by atoms with Crippen LogP contribution in [0.1, 0.15) is 5.56 Å². The normalized spacial score (nSPS) is 10.5. The number of aromatic hydroxyl groups is 1. The van der Waals surface area contributed by atoms with Crippen molar-refractivity contribution < 1.29 is 14.4 Å². The predicted octanol–water partition coefficient (Wildman–Crippen LogP) is 1.28. The SMILES string of the molecule is O=c1cc(C[N+](=O)[O-])c2ccc(O)cc2o1. The smallest absolute Gasteiger partial charge is 0.336 e. The summed E-state index contributed by atoms with van der Waals surface area (Å²) in [4.78, 5) is 21.0. The van der Waals surface area contributed by atoms with Crippen LogP contribution in [-0.4, -0.2) is 10.0 Å². The highest BCUT2D eigenvalue weighted by atomic mass is 16.6. The number of benzene rings is 1. The second-order valence-electron chi connectivity index (χ2n) is 3.26. The summed E-state index contributed by atoms with van der Waals surface area (Å²) in [5.41, 5.74) is -0.254. The molecule has 0 bridgehead atoms. The zero-order valence-corrected chi connectivity index (χ0v) is 8.04. The monoisotopic (exact) mass is 221 g/mol. The number of phenols is 1. The lowest BCUT2D eigenvalue weighted by Crippen LogP contribution is -2.05. The van der Waals surface area contributed by atoms with Gasteiger partial charge in [0.25, 0.3) is 0 Å². The lowest BCUT2D eigenvalue weighted by molar-refractivity contribution is -0.496. The maximum Gasteiger partial charge on any atom is 0.336 e. The summed E-state index contributed by atoms with van der Waals surface area (Å²) in [7, 11) is 0. The van der Waals surface area contributed by atoms with E-state index in [-0.39, 0.29) is 16.9 Å². The Morgan fingerprint density at radius 2 is 2.12 bits per heavy atom. The Balaban J connectivity index is 2.72. The third-order valence-electron chi connectivity index (χ3n) is 2.11. The van der Waals surface area contributed by atoms with Gasteiger partial charge in [0, 0.05) is 28.0 Å². The second kappa shape index (κ2) is 3.65. The number of fused-ring (bicyclic) bond motifs is 1. The first-order valence-electron chi connectivity index (χ1n) is 4.44. The van der Waals surface area contributed by atoms with E-state index in [4.69, 9.17) is 4.42 Å². The average molecular weight is 221 g/mol. The van der Waals surface area contributed by atoms with Gasteiger partial charge in [-0.05, 0) is 12.1 Å². The molecule has 0 saturated heterocycles. The molecule has 0 saturated carbocycles. The van der Waals surface area contributed by atoms with Crippen molar-refractivity contribution in [3.05, 3.63) is 50.4 Å². The molecule has 6 nitrogen and oxygen atoms in total. The van der Waals surface area contributed by atoms with E-state index in [9.17, 15) is 20.0 Å². The molecule has 1 aromatic carbocycles. The molecule has 82 valence electrons. The minimum atomic E-state index is -0.671. The first kappa shape index (κ1) is 10.2. The first-order chi connectivity index (χ1) is 7.56. The van der Waals surface area contributed by atoms with E-state index in [2.05, 4.69) is 0 Å². The van der Waals surface area contributed by atoms with Gasteiger partial charge >= 0.3 is 5.63 Å². The maximum atomic E-state index is 11.1. The van der Waals surface area contributed by atoms with Gasteiger partial charge in [0.15, 0.2) is 0 Å². The van der Waals surface area contributed by atoms with E-state index < -0.39 is 17.1 Å². The summed E-state index contributed by atoms with van der Waals surface area (Å²) in [5.74, 6) is -0.0612. The fourth-order valence-corrected chi connectivity index (χ4v) is 1.49. The Bertz CT molecular complexity index is 616. The van der Waals surface area contributed by atoms with E-state index >= 15 is 0 Å². The van der Waals surface area contributed by atoms with Crippen LogP contribution < -0.4 is 5.63 Å². The fourth-order valence-electron chi connectivity index (χ4n) is 1.49. The van der Waals surface area contributed by atoms with Crippen LogP contribution in [0.2, 0.25) is 0 Å². The van der Waals surface area contributed by atoms with Gasteiger partial charge in [0.2, 0.25) is 6.54 Å². The van der Waals surface area contributed by atoms with Crippen LogP contribution in [0.5, 0.6) is 5.75 Å². The van der Waals surface area contributed by atoms with Crippen LogP contribution in [0.15, 0.2) is 33.5 Å². The zero-order valence-electron chi connectivity index (χ0n) is 8.04. The molecule has 0 radical (unpaired) electrons. The van der Waals surface area contributed by atoms with Crippen LogP contribution in [0.3, 0.4) is 0 Å². The van der Waals surface area contributed by atoms with E-state index in [1.54, 1.807) is 0 Å². The molecule has 1 heterocycles. The molecule has 0 amide bonds. The van der Waals surface area contributed by atoms with E-state index in [0.717, 1.165) is 6.07 Å². The van der Waals surface area contributed by atoms with E-state index in [1.165, 1.54) is 18.2 Å². The molecule has 6 heteroatoms. The maximum absolute atomic E-state index is 11.1. The van der Waals surface area contributed by atoms with Gasteiger partial charge in [-0.1, -0.05) is 0 Å². The van der Waals surface area contributed by atoms with Gasteiger partial charge in [0.1, 0.15) is 11.3 Å². The lowest BCUT2D eigenvalue weighted by Gasteiger charge is -2.01. The van der Waals surface area contributed by atoms with Crippen LogP contribution >= 0.6 is 0 Å². The van der Waals surface area contributed by atoms with Crippen molar-refractivity contribution in [3.8, 4) is 5.75 Å². The summed E-state index contributed by atoms with van der Waals surface area (Å²) in [5, 5.41) is 20.1. The molecule has 0 unspecified atom stereocenters. The summed E-state index contributed by atoms with van der Waals surface area (Å²) < 4.78 is 4.83. The minimum Gasteiger partial charge on any atom is -0.508 e. The van der Waals surface area contributed by atoms with Gasteiger partial charge in [-0.3, -0.25) is 10.1 Å². The second-order valence-corrected chi connectivity index (χ2v) is 3.26. The number of hydrogen-bond donors (Lipinski definition) is 1. The zero-order chi connectivity index (χ0) is 11.7.